The summed E-state index contributed by atoms with van der Waals surface area (Å²) in [5.41, 5.74) is 23.2. The predicted octanol–water partition coefficient (Wildman–Crippen LogP) is 16.7. The molecule has 312 valence electrons. The van der Waals surface area contributed by atoms with Crippen molar-refractivity contribution in [2.45, 2.75) is 10.8 Å². The van der Waals surface area contributed by atoms with E-state index in [1.54, 1.807) is 0 Å². The first-order chi connectivity index (χ1) is 33.3. The van der Waals surface area contributed by atoms with Gasteiger partial charge in [-0.05, 0) is 125 Å². The molecular weight excluding hydrogens is 807 g/mol. The SMILES string of the molecule is c1ccc(N(c2ccc(-c3ccc(-c4cccc5c4C4(c6ccccc6-c6ccccc64)c4ccccc4C54c5ccccc5-c5ccccc54)cc3)cc2)c2cccc3ccccc23)cc1. The quantitative estimate of drug-likeness (QED) is 0.167. The van der Waals surface area contributed by atoms with Crippen molar-refractivity contribution in [2.75, 3.05) is 4.90 Å². The molecule has 0 N–H and O–H groups in total. The molecule has 0 heterocycles. The van der Waals surface area contributed by atoms with Gasteiger partial charge >= 0.3 is 0 Å². The van der Waals surface area contributed by atoms with Gasteiger partial charge in [0.2, 0.25) is 0 Å². The van der Waals surface area contributed by atoms with Crippen LogP contribution in [0.2, 0.25) is 0 Å². The average Bonchev–Trinajstić information content (AvgIpc) is 3.87. The Morgan fingerprint density at radius 3 is 1.22 bits per heavy atom. The van der Waals surface area contributed by atoms with Crippen molar-refractivity contribution >= 4 is 27.8 Å². The number of hydrogen-bond acceptors (Lipinski definition) is 1. The molecule has 0 amide bonds. The molecule has 1 nitrogen and oxygen atoms in total. The van der Waals surface area contributed by atoms with Crippen molar-refractivity contribution in [1.29, 1.82) is 0 Å². The normalized spacial score (nSPS) is 13.9. The van der Waals surface area contributed by atoms with Crippen LogP contribution < -0.4 is 4.90 Å². The Labute approximate surface area is 391 Å². The van der Waals surface area contributed by atoms with Crippen molar-refractivity contribution in [3.8, 4) is 44.5 Å². The molecule has 14 rings (SSSR count). The summed E-state index contributed by atoms with van der Waals surface area (Å²) in [7, 11) is 0. The smallest absolute Gasteiger partial charge is 0.0725 e. The second-order valence-corrected chi connectivity index (χ2v) is 18.2. The number of para-hydroxylation sites is 1. The molecule has 0 atom stereocenters. The molecule has 0 aliphatic heterocycles. The van der Waals surface area contributed by atoms with Crippen molar-refractivity contribution in [1.82, 2.24) is 0 Å². The number of anilines is 3. The molecule has 2 spiro atoms. The lowest BCUT2D eigenvalue weighted by atomic mass is 9.51. The standard InChI is InChI=1S/C66H43N/c1-2-20-48(21-3-1)67(63-35-16-19-46-18-4-5-22-50(46)63)49-42-40-45(41-43-49)44-36-38-47(39-37-44)51-27-17-34-62-64(51)66(58-30-12-8-25-54(58)55-26-9-13-31-59(55)66)61-33-15-14-32-60(61)65(62)56-28-10-6-23-52(56)53-24-7-11-29-57(53)65/h1-43H. The number of hydrogen-bond donors (Lipinski definition) is 0. The van der Waals surface area contributed by atoms with E-state index in [0.717, 1.165) is 17.1 Å². The Morgan fingerprint density at radius 1 is 0.239 bits per heavy atom. The molecule has 0 bridgehead atoms. The summed E-state index contributed by atoms with van der Waals surface area (Å²) in [6, 6.07) is 97.5. The van der Waals surface area contributed by atoms with Gasteiger partial charge in [0.05, 0.1) is 16.5 Å². The Morgan fingerprint density at radius 2 is 0.627 bits per heavy atom. The van der Waals surface area contributed by atoms with E-state index in [1.165, 1.54) is 99.8 Å². The molecule has 0 saturated carbocycles. The third-order valence-corrected chi connectivity index (χ3v) is 15.2. The molecule has 3 aliphatic rings. The minimum Gasteiger partial charge on any atom is -0.310 e. The van der Waals surface area contributed by atoms with Crippen LogP contribution >= 0.6 is 0 Å². The Hall–Kier alpha value is -8.52. The van der Waals surface area contributed by atoms with Gasteiger partial charge in [-0.1, -0.05) is 231 Å². The molecule has 11 aromatic carbocycles. The Kier molecular flexibility index (Phi) is 8.18. The van der Waals surface area contributed by atoms with E-state index in [4.69, 9.17) is 0 Å². The van der Waals surface area contributed by atoms with Crippen LogP contribution in [-0.4, -0.2) is 0 Å². The van der Waals surface area contributed by atoms with E-state index in [9.17, 15) is 0 Å². The van der Waals surface area contributed by atoms with Crippen LogP contribution in [0, 0.1) is 0 Å². The van der Waals surface area contributed by atoms with Gasteiger partial charge in [0, 0.05) is 16.8 Å². The van der Waals surface area contributed by atoms with Gasteiger partial charge in [-0.3, -0.25) is 0 Å². The molecule has 67 heavy (non-hydrogen) atoms. The summed E-state index contributed by atoms with van der Waals surface area (Å²) in [5.74, 6) is 0. The molecular formula is C66H43N. The van der Waals surface area contributed by atoms with Crippen LogP contribution in [0.25, 0.3) is 55.3 Å². The minimum atomic E-state index is -0.559. The van der Waals surface area contributed by atoms with E-state index in [-0.39, 0.29) is 0 Å². The Balaban J connectivity index is 0.963. The zero-order valence-electron chi connectivity index (χ0n) is 36.8. The molecule has 0 saturated heterocycles. The number of benzene rings is 11. The summed E-state index contributed by atoms with van der Waals surface area (Å²) in [6.45, 7) is 0. The van der Waals surface area contributed by atoms with Crippen LogP contribution in [0.4, 0.5) is 17.1 Å². The largest absolute Gasteiger partial charge is 0.310 e. The van der Waals surface area contributed by atoms with Gasteiger partial charge in [-0.25, -0.2) is 0 Å². The van der Waals surface area contributed by atoms with E-state index in [0.29, 0.717) is 0 Å². The summed E-state index contributed by atoms with van der Waals surface area (Å²) in [5, 5.41) is 2.44. The highest BCUT2D eigenvalue weighted by Gasteiger charge is 2.59. The highest BCUT2D eigenvalue weighted by atomic mass is 15.1. The second kappa shape index (κ2) is 14.5. The van der Waals surface area contributed by atoms with E-state index in [1.807, 2.05) is 0 Å². The zero-order valence-corrected chi connectivity index (χ0v) is 36.8. The highest BCUT2D eigenvalue weighted by molar-refractivity contribution is 6.00. The van der Waals surface area contributed by atoms with Crippen LogP contribution in [0.15, 0.2) is 261 Å². The lowest BCUT2D eigenvalue weighted by Gasteiger charge is -2.49. The van der Waals surface area contributed by atoms with Gasteiger partial charge in [0.25, 0.3) is 0 Å². The summed E-state index contributed by atoms with van der Waals surface area (Å²) in [4.78, 5) is 2.37. The molecule has 0 fully saturated rings. The minimum absolute atomic E-state index is 0.520. The number of nitrogens with zero attached hydrogens (tertiary/aromatic N) is 1. The van der Waals surface area contributed by atoms with Gasteiger partial charge in [-0.15, -0.1) is 0 Å². The maximum absolute atomic E-state index is 2.45. The molecule has 0 aromatic heterocycles. The van der Waals surface area contributed by atoms with Crippen LogP contribution in [-0.2, 0) is 10.8 Å². The maximum Gasteiger partial charge on any atom is 0.0725 e. The molecule has 3 aliphatic carbocycles. The highest BCUT2D eigenvalue weighted by Crippen LogP contribution is 2.68. The summed E-state index contributed by atoms with van der Waals surface area (Å²) >= 11 is 0. The van der Waals surface area contributed by atoms with Gasteiger partial charge in [0.15, 0.2) is 0 Å². The molecule has 0 unspecified atom stereocenters. The van der Waals surface area contributed by atoms with Crippen molar-refractivity contribution in [3.05, 3.63) is 305 Å². The van der Waals surface area contributed by atoms with Crippen molar-refractivity contribution in [3.63, 3.8) is 0 Å². The maximum atomic E-state index is 2.45. The van der Waals surface area contributed by atoms with Crippen LogP contribution in [0.3, 0.4) is 0 Å². The number of rotatable bonds is 5. The van der Waals surface area contributed by atoms with Gasteiger partial charge in [0.1, 0.15) is 0 Å². The predicted molar refractivity (Wildman–Crippen MR) is 278 cm³/mol. The lowest BCUT2D eigenvalue weighted by molar-refractivity contribution is 0.634. The molecule has 0 radical (unpaired) electrons. The van der Waals surface area contributed by atoms with E-state index < -0.39 is 10.8 Å². The lowest BCUT2D eigenvalue weighted by Crippen LogP contribution is -2.44. The van der Waals surface area contributed by atoms with Crippen molar-refractivity contribution in [2.24, 2.45) is 0 Å². The average molecular weight is 850 g/mol. The second-order valence-electron chi connectivity index (χ2n) is 18.2. The Bertz CT molecular complexity index is 3650. The monoisotopic (exact) mass is 849 g/mol. The van der Waals surface area contributed by atoms with E-state index >= 15 is 0 Å². The zero-order chi connectivity index (χ0) is 44.1. The van der Waals surface area contributed by atoms with E-state index in [2.05, 4.69) is 266 Å². The topological polar surface area (TPSA) is 3.24 Å². The summed E-state index contributed by atoms with van der Waals surface area (Å²) < 4.78 is 0. The van der Waals surface area contributed by atoms with Crippen molar-refractivity contribution < 1.29 is 0 Å². The first-order valence-electron chi connectivity index (χ1n) is 23.4. The molecule has 11 aromatic rings. The van der Waals surface area contributed by atoms with Crippen LogP contribution in [0.1, 0.15) is 44.5 Å². The molecule has 1 heteroatoms. The fraction of sp³-hybridized carbons (Fsp3) is 0.0303. The first-order valence-corrected chi connectivity index (χ1v) is 23.4. The fourth-order valence-electron chi connectivity index (χ4n) is 12.6. The third kappa shape index (κ3) is 5.14. The fourth-order valence-corrected chi connectivity index (χ4v) is 12.6. The first kappa shape index (κ1) is 37.8. The third-order valence-electron chi connectivity index (χ3n) is 15.2. The van der Waals surface area contributed by atoms with Crippen LogP contribution in [0.5, 0.6) is 0 Å². The number of fused-ring (bicyclic) bond motifs is 17. The van der Waals surface area contributed by atoms with Gasteiger partial charge in [-0.2, -0.15) is 0 Å². The summed E-state index contributed by atoms with van der Waals surface area (Å²) in [6.07, 6.45) is 0. The van der Waals surface area contributed by atoms with Gasteiger partial charge < -0.3 is 4.90 Å².